The Morgan fingerprint density at radius 1 is 1.53 bits per heavy atom. The molecule has 0 saturated heterocycles. The van der Waals surface area contributed by atoms with Crippen molar-refractivity contribution in [1.82, 2.24) is 4.31 Å². The largest absolute Gasteiger partial charge is 0.409 e. The van der Waals surface area contributed by atoms with E-state index in [1.165, 1.54) is 19.2 Å². The van der Waals surface area contributed by atoms with Gasteiger partial charge >= 0.3 is 0 Å². The molecule has 8 heteroatoms. The number of likely N-dealkylation sites (N-methyl/N-ethyl adjacent to an activating group) is 1. The monoisotopic (exact) mass is 277 g/mol. The van der Waals surface area contributed by atoms with E-state index in [9.17, 15) is 8.42 Å². The van der Waals surface area contributed by atoms with Gasteiger partial charge in [-0.05, 0) is 12.1 Å². The van der Waals surface area contributed by atoms with Crippen LogP contribution in [0.25, 0.3) is 0 Å². The number of amidine groups is 1. The zero-order valence-corrected chi connectivity index (χ0v) is 10.6. The second-order valence-electron chi connectivity index (χ2n) is 3.28. The molecular weight excluding hydrogens is 266 g/mol. The molecule has 1 aromatic carbocycles. The topological polar surface area (TPSA) is 96.0 Å². The van der Waals surface area contributed by atoms with Gasteiger partial charge in [0.1, 0.15) is 4.90 Å². The second-order valence-corrected chi connectivity index (χ2v) is 5.70. The van der Waals surface area contributed by atoms with Crippen LogP contribution in [0.15, 0.2) is 34.3 Å². The summed E-state index contributed by atoms with van der Waals surface area (Å²) < 4.78 is 25.1. The molecule has 0 radical (unpaired) electrons. The Morgan fingerprint density at radius 3 is 2.65 bits per heavy atom. The van der Waals surface area contributed by atoms with Crippen LogP contribution in [0.4, 0.5) is 0 Å². The number of nitrogens with two attached hydrogens (primary N) is 1. The molecule has 0 amide bonds. The molecule has 0 atom stereocenters. The zero-order valence-electron chi connectivity index (χ0n) is 9.04. The molecule has 17 heavy (non-hydrogen) atoms. The van der Waals surface area contributed by atoms with Crippen molar-refractivity contribution in [3.63, 3.8) is 0 Å². The average molecular weight is 278 g/mol. The molecule has 3 N–H and O–H groups in total. The van der Waals surface area contributed by atoms with Gasteiger partial charge in [-0.2, -0.15) is 4.31 Å². The minimum Gasteiger partial charge on any atom is -0.409 e. The van der Waals surface area contributed by atoms with Crippen LogP contribution in [0, 0.1) is 0 Å². The first-order valence-corrected chi connectivity index (χ1v) is 6.38. The SMILES string of the molecule is CN(C/C(N)=N/O)S(=O)(=O)c1ccccc1Cl. The Hall–Kier alpha value is -1.31. The summed E-state index contributed by atoms with van der Waals surface area (Å²) in [5.41, 5.74) is 5.25. The molecule has 94 valence electrons. The maximum absolute atomic E-state index is 12.1. The Balaban J connectivity index is 3.08. The Labute approximate surface area is 104 Å². The summed E-state index contributed by atoms with van der Waals surface area (Å²) in [4.78, 5) is -0.0186. The van der Waals surface area contributed by atoms with E-state index in [1.54, 1.807) is 12.1 Å². The predicted molar refractivity (Wildman–Crippen MR) is 64.7 cm³/mol. The summed E-state index contributed by atoms with van der Waals surface area (Å²) in [6, 6.07) is 6.06. The van der Waals surface area contributed by atoms with Gasteiger partial charge in [0.15, 0.2) is 5.84 Å². The van der Waals surface area contributed by atoms with Crippen molar-refractivity contribution in [3.8, 4) is 0 Å². The molecular formula is C9H12ClN3O3S. The van der Waals surface area contributed by atoms with Crippen molar-refractivity contribution in [2.45, 2.75) is 4.90 Å². The molecule has 1 rings (SSSR count). The van der Waals surface area contributed by atoms with E-state index >= 15 is 0 Å². The molecule has 0 bridgehead atoms. The van der Waals surface area contributed by atoms with Gasteiger partial charge in [0.2, 0.25) is 10.0 Å². The van der Waals surface area contributed by atoms with Gasteiger partial charge in [-0.3, -0.25) is 0 Å². The highest BCUT2D eigenvalue weighted by Crippen LogP contribution is 2.23. The molecule has 0 aliphatic heterocycles. The first-order valence-electron chi connectivity index (χ1n) is 4.57. The number of benzene rings is 1. The number of oxime groups is 1. The molecule has 0 heterocycles. The molecule has 0 aliphatic rings. The Morgan fingerprint density at radius 2 is 2.12 bits per heavy atom. The van der Waals surface area contributed by atoms with E-state index < -0.39 is 10.0 Å². The van der Waals surface area contributed by atoms with E-state index in [4.69, 9.17) is 22.5 Å². The minimum absolute atomic E-state index is 0.0186. The number of hydrogen-bond acceptors (Lipinski definition) is 4. The van der Waals surface area contributed by atoms with Crippen LogP contribution in [-0.4, -0.2) is 37.4 Å². The van der Waals surface area contributed by atoms with Crippen molar-refractivity contribution in [3.05, 3.63) is 29.3 Å². The maximum Gasteiger partial charge on any atom is 0.244 e. The lowest BCUT2D eigenvalue weighted by Crippen LogP contribution is -2.35. The number of rotatable bonds is 4. The highest BCUT2D eigenvalue weighted by atomic mass is 35.5. The van der Waals surface area contributed by atoms with E-state index in [0.717, 1.165) is 4.31 Å². The maximum atomic E-state index is 12.1. The lowest BCUT2D eigenvalue weighted by Gasteiger charge is -2.16. The van der Waals surface area contributed by atoms with Gasteiger partial charge in [0.05, 0.1) is 11.6 Å². The predicted octanol–water partition coefficient (Wildman–Crippen LogP) is 0.707. The standard InChI is InChI=1S/C9H12ClN3O3S/c1-13(6-9(11)12-14)17(15,16)8-5-3-2-4-7(8)10/h2-5,14H,6H2,1H3,(H2,11,12). The minimum atomic E-state index is -3.75. The summed E-state index contributed by atoms with van der Waals surface area (Å²) in [5, 5.41) is 11.2. The lowest BCUT2D eigenvalue weighted by atomic mass is 10.4. The van der Waals surface area contributed by atoms with E-state index in [-0.39, 0.29) is 22.3 Å². The fraction of sp³-hybridized carbons (Fsp3) is 0.222. The third-order valence-electron chi connectivity index (χ3n) is 2.04. The third kappa shape index (κ3) is 3.09. The van der Waals surface area contributed by atoms with Crippen molar-refractivity contribution in [2.75, 3.05) is 13.6 Å². The van der Waals surface area contributed by atoms with Crippen molar-refractivity contribution < 1.29 is 13.6 Å². The molecule has 1 aromatic rings. The van der Waals surface area contributed by atoms with Gasteiger partial charge in [-0.15, -0.1) is 0 Å². The molecule has 0 aromatic heterocycles. The summed E-state index contributed by atoms with van der Waals surface area (Å²) >= 11 is 5.81. The smallest absolute Gasteiger partial charge is 0.244 e. The number of sulfonamides is 1. The van der Waals surface area contributed by atoms with Crippen LogP contribution >= 0.6 is 11.6 Å². The lowest BCUT2D eigenvalue weighted by molar-refractivity contribution is 0.315. The van der Waals surface area contributed by atoms with Crippen LogP contribution in [0.3, 0.4) is 0 Å². The van der Waals surface area contributed by atoms with Crippen LogP contribution < -0.4 is 5.73 Å². The van der Waals surface area contributed by atoms with E-state index in [2.05, 4.69) is 5.16 Å². The van der Waals surface area contributed by atoms with Crippen LogP contribution in [0.5, 0.6) is 0 Å². The molecule has 0 fully saturated rings. The van der Waals surface area contributed by atoms with E-state index in [1.807, 2.05) is 0 Å². The van der Waals surface area contributed by atoms with Crippen LogP contribution in [0.2, 0.25) is 5.02 Å². The first kappa shape index (κ1) is 13.8. The van der Waals surface area contributed by atoms with Gasteiger partial charge in [-0.25, -0.2) is 8.42 Å². The summed E-state index contributed by atoms with van der Waals surface area (Å²) in [6.07, 6.45) is 0. The average Bonchev–Trinajstić information content (AvgIpc) is 2.29. The molecule has 0 spiro atoms. The number of nitrogens with zero attached hydrogens (tertiary/aromatic N) is 2. The zero-order chi connectivity index (χ0) is 13.1. The van der Waals surface area contributed by atoms with Crippen molar-refractivity contribution >= 4 is 27.5 Å². The summed E-state index contributed by atoms with van der Waals surface area (Å²) in [5.74, 6) is -0.205. The molecule has 6 nitrogen and oxygen atoms in total. The Kier molecular flexibility index (Phi) is 4.33. The second kappa shape index (κ2) is 5.35. The highest BCUT2D eigenvalue weighted by Gasteiger charge is 2.23. The molecule has 0 unspecified atom stereocenters. The molecule has 0 aliphatic carbocycles. The summed E-state index contributed by atoms with van der Waals surface area (Å²) in [6.45, 7) is -0.218. The van der Waals surface area contributed by atoms with Gasteiger partial charge in [0, 0.05) is 7.05 Å². The summed E-state index contributed by atoms with van der Waals surface area (Å²) in [7, 11) is -2.43. The fourth-order valence-corrected chi connectivity index (χ4v) is 2.80. The van der Waals surface area contributed by atoms with Crippen molar-refractivity contribution in [1.29, 1.82) is 0 Å². The first-order chi connectivity index (χ1) is 7.89. The number of halogens is 1. The van der Waals surface area contributed by atoms with E-state index in [0.29, 0.717) is 0 Å². The normalized spacial score (nSPS) is 13.0. The van der Waals surface area contributed by atoms with Crippen LogP contribution in [0.1, 0.15) is 0 Å². The van der Waals surface area contributed by atoms with Crippen molar-refractivity contribution in [2.24, 2.45) is 10.9 Å². The number of hydrogen-bond donors (Lipinski definition) is 2. The highest BCUT2D eigenvalue weighted by molar-refractivity contribution is 7.89. The molecule has 0 saturated carbocycles. The fourth-order valence-electron chi connectivity index (χ4n) is 1.17. The van der Waals surface area contributed by atoms with Crippen LogP contribution in [-0.2, 0) is 10.0 Å². The Bertz CT molecular complexity index is 530. The van der Waals surface area contributed by atoms with Gasteiger partial charge in [0.25, 0.3) is 0 Å². The van der Waals surface area contributed by atoms with Gasteiger partial charge < -0.3 is 10.9 Å². The quantitative estimate of drug-likeness (QED) is 0.367. The third-order valence-corrected chi connectivity index (χ3v) is 4.34. The van der Waals surface area contributed by atoms with Gasteiger partial charge in [-0.1, -0.05) is 28.9 Å².